The van der Waals surface area contributed by atoms with E-state index in [0.29, 0.717) is 5.92 Å². The normalized spacial score (nSPS) is 29.5. The average molecular weight is 249 g/mol. The molecule has 2 aliphatic rings. The van der Waals surface area contributed by atoms with Gasteiger partial charge >= 0.3 is 0 Å². The second-order valence-corrected chi connectivity index (χ2v) is 5.67. The van der Waals surface area contributed by atoms with Crippen molar-refractivity contribution in [3.05, 3.63) is 11.8 Å². The van der Waals surface area contributed by atoms with Crippen molar-refractivity contribution in [2.45, 2.75) is 51.4 Å². The molecule has 0 saturated heterocycles. The van der Waals surface area contributed by atoms with E-state index in [9.17, 15) is 0 Å². The first kappa shape index (κ1) is 12.2. The molecule has 2 saturated carbocycles. The Bertz CT molecular complexity index is 380. The van der Waals surface area contributed by atoms with Crippen LogP contribution >= 0.6 is 0 Å². The summed E-state index contributed by atoms with van der Waals surface area (Å²) in [6, 6.07) is 0. The van der Waals surface area contributed by atoms with E-state index in [1.807, 2.05) is 0 Å². The van der Waals surface area contributed by atoms with Crippen molar-refractivity contribution in [3.8, 4) is 0 Å². The van der Waals surface area contributed by atoms with Gasteiger partial charge in [-0.05, 0) is 50.6 Å². The molecule has 4 nitrogen and oxygen atoms in total. The van der Waals surface area contributed by atoms with Crippen molar-refractivity contribution in [1.29, 1.82) is 0 Å². The third-order valence-corrected chi connectivity index (χ3v) is 4.35. The maximum Gasteiger partial charge on any atom is 0.220 e. The second kappa shape index (κ2) is 5.39. The Morgan fingerprint density at radius 3 is 2.83 bits per heavy atom. The zero-order chi connectivity index (χ0) is 12.4. The molecule has 0 bridgehead atoms. The molecular formula is C14H23N3O. The Balaban J connectivity index is 1.43. The van der Waals surface area contributed by atoms with Gasteiger partial charge in [-0.15, -0.1) is 10.2 Å². The number of nitrogens with zero attached hydrogens (tertiary/aromatic N) is 2. The van der Waals surface area contributed by atoms with Gasteiger partial charge in [0, 0.05) is 12.3 Å². The molecule has 4 heteroatoms. The van der Waals surface area contributed by atoms with Crippen LogP contribution in [0.1, 0.15) is 56.7 Å². The molecule has 2 atom stereocenters. The monoisotopic (exact) mass is 249 g/mol. The molecule has 3 rings (SSSR count). The van der Waals surface area contributed by atoms with Gasteiger partial charge in [0.2, 0.25) is 11.8 Å². The van der Waals surface area contributed by atoms with Gasteiger partial charge in [-0.25, -0.2) is 0 Å². The molecule has 100 valence electrons. The molecule has 1 N–H and O–H groups in total. The van der Waals surface area contributed by atoms with E-state index in [1.54, 1.807) is 0 Å². The molecule has 0 radical (unpaired) electrons. The van der Waals surface area contributed by atoms with Gasteiger partial charge in [-0.3, -0.25) is 0 Å². The van der Waals surface area contributed by atoms with Crippen molar-refractivity contribution < 1.29 is 4.42 Å². The van der Waals surface area contributed by atoms with E-state index in [-0.39, 0.29) is 0 Å². The number of hydrogen-bond acceptors (Lipinski definition) is 4. The Morgan fingerprint density at radius 1 is 1.22 bits per heavy atom. The first-order chi connectivity index (χ1) is 8.90. The second-order valence-electron chi connectivity index (χ2n) is 5.67. The fraction of sp³-hybridized carbons (Fsp3) is 0.857. The number of rotatable bonds is 7. The topological polar surface area (TPSA) is 51.0 Å². The number of nitrogens with one attached hydrogen (secondary N) is 1. The highest BCUT2D eigenvalue weighted by molar-refractivity contribution is 5.15. The molecule has 2 unspecified atom stereocenters. The van der Waals surface area contributed by atoms with Crippen LogP contribution in [0.25, 0.3) is 0 Å². The standard InChI is InChI=1S/C14H23N3O/c1-2-8-15-9-4-7-12-16-17-14(18-12)13-10-5-3-6-11(10)13/h10-11,13,15H,2-9H2,1H3. The molecule has 2 fully saturated rings. The predicted octanol–water partition coefficient (Wildman–Crippen LogP) is 2.52. The zero-order valence-corrected chi connectivity index (χ0v) is 11.2. The number of aromatic nitrogens is 2. The quantitative estimate of drug-likeness (QED) is 0.754. The van der Waals surface area contributed by atoms with Crippen molar-refractivity contribution >= 4 is 0 Å². The summed E-state index contributed by atoms with van der Waals surface area (Å²) >= 11 is 0. The van der Waals surface area contributed by atoms with Crippen LogP contribution in [0.5, 0.6) is 0 Å². The maximum absolute atomic E-state index is 5.80. The lowest BCUT2D eigenvalue weighted by Gasteiger charge is -2.00. The van der Waals surface area contributed by atoms with Gasteiger partial charge in [-0.1, -0.05) is 13.3 Å². The molecule has 1 aromatic rings. The molecule has 1 heterocycles. The van der Waals surface area contributed by atoms with Crippen molar-refractivity contribution in [2.24, 2.45) is 11.8 Å². The Morgan fingerprint density at radius 2 is 2.06 bits per heavy atom. The van der Waals surface area contributed by atoms with Gasteiger partial charge in [0.1, 0.15) is 0 Å². The van der Waals surface area contributed by atoms with E-state index in [2.05, 4.69) is 22.4 Å². The van der Waals surface area contributed by atoms with Crippen LogP contribution < -0.4 is 5.32 Å². The fourth-order valence-corrected chi connectivity index (χ4v) is 3.36. The fourth-order valence-electron chi connectivity index (χ4n) is 3.36. The summed E-state index contributed by atoms with van der Waals surface area (Å²) in [5.41, 5.74) is 0. The summed E-state index contributed by atoms with van der Waals surface area (Å²) in [7, 11) is 0. The van der Waals surface area contributed by atoms with Gasteiger partial charge in [0.15, 0.2) is 0 Å². The van der Waals surface area contributed by atoms with Gasteiger partial charge in [0.25, 0.3) is 0 Å². The van der Waals surface area contributed by atoms with Crippen LogP contribution in [0.15, 0.2) is 4.42 Å². The van der Waals surface area contributed by atoms with E-state index >= 15 is 0 Å². The van der Waals surface area contributed by atoms with Crippen molar-refractivity contribution in [2.75, 3.05) is 13.1 Å². The number of aryl methyl sites for hydroxylation is 1. The average Bonchev–Trinajstić information content (AvgIpc) is 2.81. The third kappa shape index (κ3) is 2.44. The van der Waals surface area contributed by atoms with E-state index < -0.39 is 0 Å². The van der Waals surface area contributed by atoms with Crippen LogP contribution in [-0.2, 0) is 6.42 Å². The van der Waals surface area contributed by atoms with Crippen LogP contribution in [0.4, 0.5) is 0 Å². The highest BCUT2D eigenvalue weighted by atomic mass is 16.4. The first-order valence-electron chi connectivity index (χ1n) is 7.43. The summed E-state index contributed by atoms with van der Waals surface area (Å²) in [5.74, 6) is 4.08. The van der Waals surface area contributed by atoms with Gasteiger partial charge in [-0.2, -0.15) is 0 Å². The molecule has 0 aromatic carbocycles. The summed E-state index contributed by atoms with van der Waals surface area (Å²) in [5, 5.41) is 11.8. The van der Waals surface area contributed by atoms with Gasteiger partial charge in [0.05, 0.1) is 0 Å². The molecule has 0 aliphatic heterocycles. The minimum absolute atomic E-state index is 0.609. The van der Waals surface area contributed by atoms with Crippen molar-refractivity contribution in [1.82, 2.24) is 15.5 Å². The molecule has 1 aromatic heterocycles. The number of hydrogen-bond donors (Lipinski definition) is 1. The lowest BCUT2D eigenvalue weighted by Crippen LogP contribution is -2.16. The Hall–Kier alpha value is -0.900. The molecule has 18 heavy (non-hydrogen) atoms. The molecule has 0 spiro atoms. The lowest BCUT2D eigenvalue weighted by molar-refractivity contribution is 0.427. The smallest absolute Gasteiger partial charge is 0.220 e. The predicted molar refractivity (Wildman–Crippen MR) is 69.4 cm³/mol. The summed E-state index contributed by atoms with van der Waals surface area (Å²) in [6.07, 6.45) is 7.32. The van der Waals surface area contributed by atoms with E-state index in [1.165, 1.54) is 25.7 Å². The summed E-state index contributed by atoms with van der Waals surface area (Å²) < 4.78 is 5.80. The first-order valence-corrected chi connectivity index (χ1v) is 7.43. The van der Waals surface area contributed by atoms with Crippen LogP contribution in [0.3, 0.4) is 0 Å². The summed E-state index contributed by atoms with van der Waals surface area (Å²) in [6.45, 7) is 4.32. The number of fused-ring (bicyclic) bond motifs is 1. The minimum atomic E-state index is 0.609. The lowest BCUT2D eigenvalue weighted by atomic mass is 10.1. The highest BCUT2D eigenvalue weighted by Gasteiger charge is 2.56. The molecular weight excluding hydrogens is 226 g/mol. The minimum Gasteiger partial charge on any atom is -0.425 e. The van der Waals surface area contributed by atoms with Crippen molar-refractivity contribution in [3.63, 3.8) is 0 Å². The zero-order valence-electron chi connectivity index (χ0n) is 11.2. The Kier molecular flexibility index (Phi) is 3.64. The van der Waals surface area contributed by atoms with E-state index in [4.69, 9.17) is 4.42 Å². The SMILES string of the molecule is CCCNCCCc1nnc(C2C3CCCC32)o1. The van der Waals surface area contributed by atoms with Crippen LogP contribution in [-0.4, -0.2) is 23.3 Å². The Labute approximate surface area is 109 Å². The van der Waals surface area contributed by atoms with Crippen LogP contribution in [0.2, 0.25) is 0 Å². The highest BCUT2D eigenvalue weighted by Crippen LogP contribution is 2.62. The summed E-state index contributed by atoms with van der Waals surface area (Å²) in [4.78, 5) is 0. The van der Waals surface area contributed by atoms with Gasteiger partial charge < -0.3 is 9.73 Å². The molecule has 0 amide bonds. The van der Waals surface area contributed by atoms with E-state index in [0.717, 1.165) is 49.5 Å². The third-order valence-electron chi connectivity index (χ3n) is 4.35. The maximum atomic E-state index is 5.80. The largest absolute Gasteiger partial charge is 0.425 e. The molecule has 2 aliphatic carbocycles. The van der Waals surface area contributed by atoms with Crippen LogP contribution in [0, 0.1) is 11.8 Å².